The van der Waals surface area contributed by atoms with Crippen LogP contribution in [0.4, 0.5) is 0 Å². The van der Waals surface area contributed by atoms with Gasteiger partial charge in [-0.3, -0.25) is 4.72 Å². The second-order valence-corrected chi connectivity index (χ2v) is 4.85. The van der Waals surface area contributed by atoms with E-state index in [0.29, 0.717) is 5.41 Å². The zero-order valence-electron chi connectivity index (χ0n) is 7.65. The van der Waals surface area contributed by atoms with Crippen LogP contribution in [0.5, 0.6) is 0 Å². The molecule has 1 aliphatic carbocycles. The maximum Gasteiger partial charge on any atom is 0.0132 e. The van der Waals surface area contributed by atoms with E-state index in [-0.39, 0.29) is 0 Å². The molecule has 0 aromatic rings. The van der Waals surface area contributed by atoms with Gasteiger partial charge in [0.2, 0.25) is 0 Å². The van der Waals surface area contributed by atoms with Crippen molar-refractivity contribution in [2.45, 2.75) is 39.0 Å². The average Bonchev–Trinajstić information content (AvgIpc) is 2.03. The first-order valence-corrected chi connectivity index (χ1v) is 5.54. The standard InChI is InChI=1S/C9H19NS/c1-9(8-11-10-2)6-4-3-5-7-9/h10H,3-8H2,1-2H3. The van der Waals surface area contributed by atoms with Gasteiger partial charge < -0.3 is 0 Å². The predicted octanol–water partition coefficient (Wildman–Crippen LogP) is 2.82. The first kappa shape index (κ1) is 9.40. The van der Waals surface area contributed by atoms with Crippen LogP contribution in [-0.4, -0.2) is 12.8 Å². The lowest BCUT2D eigenvalue weighted by molar-refractivity contribution is 0.251. The van der Waals surface area contributed by atoms with E-state index in [4.69, 9.17) is 0 Å². The molecule has 1 aliphatic rings. The molecule has 0 spiro atoms. The summed E-state index contributed by atoms with van der Waals surface area (Å²) in [6, 6.07) is 0. The van der Waals surface area contributed by atoms with E-state index in [1.165, 1.54) is 37.9 Å². The maximum atomic E-state index is 3.16. The molecule has 11 heavy (non-hydrogen) atoms. The fourth-order valence-corrected chi connectivity index (χ4v) is 2.58. The SMILES string of the molecule is CNSCC1(C)CCCCC1. The maximum absolute atomic E-state index is 3.16. The van der Waals surface area contributed by atoms with Crippen molar-refractivity contribution in [2.24, 2.45) is 5.41 Å². The van der Waals surface area contributed by atoms with Gasteiger partial charge in [0.05, 0.1) is 0 Å². The van der Waals surface area contributed by atoms with Crippen LogP contribution in [-0.2, 0) is 0 Å². The van der Waals surface area contributed by atoms with Gasteiger partial charge in [0.1, 0.15) is 0 Å². The molecule has 66 valence electrons. The molecule has 0 atom stereocenters. The minimum Gasteiger partial charge on any atom is -0.267 e. The van der Waals surface area contributed by atoms with Gasteiger partial charge in [0.15, 0.2) is 0 Å². The van der Waals surface area contributed by atoms with Crippen LogP contribution in [0.3, 0.4) is 0 Å². The lowest BCUT2D eigenvalue weighted by Crippen LogP contribution is -2.24. The van der Waals surface area contributed by atoms with Gasteiger partial charge in [-0.05, 0) is 25.3 Å². The molecule has 1 rings (SSSR count). The summed E-state index contributed by atoms with van der Waals surface area (Å²) < 4.78 is 3.16. The lowest BCUT2D eigenvalue weighted by atomic mass is 9.77. The molecule has 0 aliphatic heterocycles. The second-order valence-electron chi connectivity index (χ2n) is 3.86. The van der Waals surface area contributed by atoms with E-state index in [0.717, 1.165) is 0 Å². The predicted molar refractivity (Wildman–Crippen MR) is 52.7 cm³/mol. The molecule has 1 nitrogen and oxygen atoms in total. The lowest BCUT2D eigenvalue weighted by Gasteiger charge is -2.32. The van der Waals surface area contributed by atoms with Gasteiger partial charge in [-0.25, -0.2) is 0 Å². The molecule has 0 bridgehead atoms. The third-order valence-corrected chi connectivity index (χ3v) is 3.76. The Morgan fingerprint density at radius 2 is 1.91 bits per heavy atom. The molecule has 2 heteroatoms. The minimum atomic E-state index is 0.631. The van der Waals surface area contributed by atoms with E-state index in [1.807, 2.05) is 19.0 Å². The highest BCUT2D eigenvalue weighted by molar-refractivity contribution is 7.97. The molecule has 0 amide bonds. The molecule has 1 N–H and O–H groups in total. The summed E-state index contributed by atoms with van der Waals surface area (Å²) in [6.45, 7) is 2.43. The van der Waals surface area contributed by atoms with Crippen LogP contribution in [0.25, 0.3) is 0 Å². The minimum absolute atomic E-state index is 0.631. The molecule has 0 radical (unpaired) electrons. The summed E-state index contributed by atoms with van der Waals surface area (Å²) in [5, 5.41) is 0. The fraction of sp³-hybridized carbons (Fsp3) is 1.00. The van der Waals surface area contributed by atoms with Gasteiger partial charge in [-0.2, -0.15) is 0 Å². The Kier molecular flexibility index (Phi) is 3.73. The molecular weight excluding hydrogens is 154 g/mol. The van der Waals surface area contributed by atoms with Crippen molar-refractivity contribution in [1.82, 2.24) is 4.72 Å². The smallest absolute Gasteiger partial charge is 0.0132 e. The average molecular weight is 173 g/mol. The van der Waals surface area contributed by atoms with Crippen molar-refractivity contribution >= 4 is 11.9 Å². The zero-order chi connectivity index (χ0) is 8.16. The van der Waals surface area contributed by atoms with E-state index >= 15 is 0 Å². The van der Waals surface area contributed by atoms with Crippen LogP contribution in [0.15, 0.2) is 0 Å². The Morgan fingerprint density at radius 1 is 1.27 bits per heavy atom. The van der Waals surface area contributed by atoms with Crippen molar-refractivity contribution in [3.63, 3.8) is 0 Å². The third-order valence-electron chi connectivity index (χ3n) is 2.63. The summed E-state index contributed by atoms with van der Waals surface area (Å²) in [5.74, 6) is 1.28. The van der Waals surface area contributed by atoms with Crippen LogP contribution in [0, 0.1) is 5.41 Å². The Morgan fingerprint density at radius 3 is 2.45 bits per heavy atom. The van der Waals surface area contributed by atoms with E-state index in [2.05, 4.69) is 11.6 Å². The van der Waals surface area contributed by atoms with Gasteiger partial charge in [-0.15, -0.1) is 0 Å². The van der Waals surface area contributed by atoms with Crippen LogP contribution >= 0.6 is 11.9 Å². The summed E-state index contributed by atoms with van der Waals surface area (Å²) in [5.41, 5.74) is 0.631. The Labute approximate surface area is 74.5 Å². The first-order chi connectivity index (χ1) is 5.27. The van der Waals surface area contributed by atoms with E-state index in [1.54, 1.807) is 0 Å². The summed E-state index contributed by atoms with van der Waals surface area (Å²) >= 11 is 1.86. The molecule has 1 fully saturated rings. The molecule has 1 saturated carbocycles. The highest BCUT2D eigenvalue weighted by atomic mass is 32.2. The number of rotatable bonds is 3. The summed E-state index contributed by atoms with van der Waals surface area (Å²) in [7, 11) is 2.01. The van der Waals surface area contributed by atoms with E-state index < -0.39 is 0 Å². The first-order valence-electron chi connectivity index (χ1n) is 4.55. The van der Waals surface area contributed by atoms with Crippen molar-refractivity contribution in [3.8, 4) is 0 Å². The Hall–Kier alpha value is 0.310. The number of hydrogen-bond donors (Lipinski definition) is 1. The van der Waals surface area contributed by atoms with Gasteiger partial charge in [-0.1, -0.05) is 38.1 Å². The Balaban J connectivity index is 2.25. The van der Waals surface area contributed by atoms with Crippen LogP contribution in [0.1, 0.15) is 39.0 Å². The van der Waals surface area contributed by atoms with Crippen molar-refractivity contribution in [2.75, 3.05) is 12.8 Å². The van der Waals surface area contributed by atoms with Crippen molar-refractivity contribution < 1.29 is 0 Å². The molecule has 0 aromatic heterocycles. The van der Waals surface area contributed by atoms with Gasteiger partial charge in [0, 0.05) is 5.75 Å². The van der Waals surface area contributed by atoms with Gasteiger partial charge >= 0.3 is 0 Å². The highest BCUT2D eigenvalue weighted by Gasteiger charge is 2.26. The number of nitrogens with one attached hydrogen (secondary N) is 1. The Bertz CT molecular complexity index is 108. The topological polar surface area (TPSA) is 12.0 Å². The third kappa shape index (κ3) is 3.04. The summed E-state index contributed by atoms with van der Waals surface area (Å²) in [6.07, 6.45) is 7.21. The monoisotopic (exact) mass is 173 g/mol. The van der Waals surface area contributed by atoms with Crippen molar-refractivity contribution in [1.29, 1.82) is 0 Å². The molecule has 0 aromatic carbocycles. The zero-order valence-corrected chi connectivity index (χ0v) is 8.47. The molecular formula is C9H19NS. The molecule has 0 heterocycles. The van der Waals surface area contributed by atoms with Crippen molar-refractivity contribution in [3.05, 3.63) is 0 Å². The normalized spacial score (nSPS) is 23.5. The van der Waals surface area contributed by atoms with E-state index in [9.17, 15) is 0 Å². The summed E-state index contributed by atoms with van der Waals surface area (Å²) in [4.78, 5) is 0. The molecule has 0 saturated heterocycles. The fourth-order valence-electron chi connectivity index (χ4n) is 1.80. The second kappa shape index (κ2) is 4.36. The van der Waals surface area contributed by atoms with Crippen LogP contribution < -0.4 is 4.72 Å². The largest absolute Gasteiger partial charge is 0.267 e. The van der Waals surface area contributed by atoms with Gasteiger partial charge in [0.25, 0.3) is 0 Å². The molecule has 0 unspecified atom stereocenters. The quantitative estimate of drug-likeness (QED) is 0.659. The highest BCUT2D eigenvalue weighted by Crippen LogP contribution is 2.37. The number of hydrogen-bond acceptors (Lipinski definition) is 2. The van der Waals surface area contributed by atoms with Crippen LogP contribution in [0.2, 0.25) is 0 Å².